The quantitative estimate of drug-likeness (QED) is 0.432. The van der Waals surface area contributed by atoms with Crippen LogP contribution in [0.3, 0.4) is 0 Å². The number of aryl methyl sites for hydroxylation is 1. The van der Waals surface area contributed by atoms with Crippen LogP contribution < -0.4 is 15.6 Å². The third-order valence-electron chi connectivity index (χ3n) is 6.38. The minimum atomic E-state index is -0.0581. The maximum Gasteiger partial charge on any atom is 0.263 e. The first-order valence-corrected chi connectivity index (χ1v) is 12.1. The molecule has 2 aliphatic rings. The number of ether oxygens (including phenoxy) is 1. The van der Waals surface area contributed by atoms with Gasteiger partial charge in [-0.1, -0.05) is 49.1 Å². The summed E-state index contributed by atoms with van der Waals surface area (Å²) in [6, 6.07) is 10.2. The Morgan fingerprint density at radius 1 is 1.18 bits per heavy atom. The maximum atomic E-state index is 13.0. The molecule has 1 saturated carbocycles. The molecular weight excluding hydrogens is 430 g/mol. The van der Waals surface area contributed by atoms with E-state index in [2.05, 4.69) is 31.9 Å². The summed E-state index contributed by atoms with van der Waals surface area (Å²) in [5.41, 5.74) is 6.50. The van der Waals surface area contributed by atoms with Crippen molar-refractivity contribution in [2.45, 2.75) is 45.1 Å². The van der Waals surface area contributed by atoms with Crippen LogP contribution in [0.1, 0.15) is 53.6 Å². The summed E-state index contributed by atoms with van der Waals surface area (Å²) >= 11 is 0. The molecule has 1 saturated heterocycles. The number of aromatic nitrogens is 3. The Morgan fingerprint density at radius 3 is 2.79 bits per heavy atom. The highest BCUT2D eigenvalue weighted by Gasteiger charge is 2.22. The van der Waals surface area contributed by atoms with Gasteiger partial charge in [-0.05, 0) is 31.4 Å². The zero-order chi connectivity index (χ0) is 23.3. The molecule has 9 nitrogen and oxygen atoms in total. The van der Waals surface area contributed by atoms with E-state index in [0.29, 0.717) is 24.7 Å². The predicted molar refractivity (Wildman–Crippen MR) is 133 cm³/mol. The highest BCUT2D eigenvalue weighted by atomic mass is 16.5. The second-order valence-electron chi connectivity index (χ2n) is 9.01. The van der Waals surface area contributed by atoms with Crippen LogP contribution in [-0.2, 0) is 4.74 Å². The number of anilines is 2. The molecule has 1 aliphatic carbocycles. The Bertz CT molecular complexity index is 1180. The molecule has 1 amide bonds. The molecule has 5 rings (SSSR count). The van der Waals surface area contributed by atoms with Crippen LogP contribution in [0.5, 0.6) is 0 Å². The van der Waals surface area contributed by atoms with Crippen LogP contribution in [0.4, 0.5) is 11.8 Å². The standard InChI is InChI=1S/C25H31N7O2/c1-18-6-5-7-19(14-18)16-26-29-25-28-23(31-10-12-34-13-11-31)22-15-20(17-32(22)30-25)24(33)27-21-8-3-2-4-9-21/h5-7,14-17,21H,2-4,8-13H2,1H3,(H,27,33)(H,29,30)/b26-16+. The number of nitrogens with one attached hydrogen (secondary N) is 2. The number of hydrazone groups is 1. The predicted octanol–water partition coefficient (Wildman–Crippen LogP) is 3.38. The van der Waals surface area contributed by atoms with Crippen LogP contribution >= 0.6 is 0 Å². The molecular formula is C25H31N7O2. The third kappa shape index (κ3) is 5.20. The van der Waals surface area contributed by atoms with E-state index >= 15 is 0 Å². The summed E-state index contributed by atoms with van der Waals surface area (Å²) in [6.45, 7) is 4.78. The fourth-order valence-corrected chi connectivity index (χ4v) is 4.59. The van der Waals surface area contributed by atoms with Gasteiger partial charge in [0.2, 0.25) is 0 Å². The lowest BCUT2D eigenvalue weighted by Gasteiger charge is -2.28. The zero-order valence-corrected chi connectivity index (χ0v) is 19.5. The molecule has 178 valence electrons. The lowest BCUT2D eigenvalue weighted by atomic mass is 9.95. The van der Waals surface area contributed by atoms with Crippen molar-refractivity contribution in [1.29, 1.82) is 0 Å². The van der Waals surface area contributed by atoms with Crippen molar-refractivity contribution < 1.29 is 9.53 Å². The molecule has 0 atom stereocenters. The van der Waals surface area contributed by atoms with Gasteiger partial charge in [0.1, 0.15) is 5.52 Å². The van der Waals surface area contributed by atoms with Gasteiger partial charge in [-0.15, -0.1) is 5.10 Å². The van der Waals surface area contributed by atoms with E-state index in [-0.39, 0.29) is 11.9 Å². The van der Waals surface area contributed by atoms with Crippen LogP contribution in [0, 0.1) is 6.92 Å². The maximum absolute atomic E-state index is 13.0. The molecule has 34 heavy (non-hydrogen) atoms. The van der Waals surface area contributed by atoms with Crippen molar-refractivity contribution in [3.63, 3.8) is 0 Å². The molecule has 3 aromatic rings. The van der Waals surface area contributed by atoms with Crippen LogP contribution in [0.2, 0.25) is 0 Å². The number of fused-ring (bicyclic) bond motifs is 1. The topological polar surface area (TPSA) is 96.1 Å². The zero-order valence-electron chi connectivity index (χ0n) is 19.5. The van der Waals surface area contributed by atoms with Gasteiger partial charge in [0.15, 0.2) is 5.82 Å². The smallest absolute Gasteiger partial charge is 0.263 e. The second-order valence-corrected chi connectivity index (χ2v) is 9.01. The lowest BCUT2D eigenvalue weighted by molar-refractivity contribution is 0.0927. The van der Waals surface area contributed by atoms with Gasteiger partial charge in [0.05, 0.1) is 25.0 Å². The van der Waals surface area contributed by atoms with Gasteiger partial charge in [-0.3, -0.25) is 4.79 Å². The molecule has 2 fully saturated rings. The van der Waals surface area contributed by atoms with Crippen molar-refractivity contribution in [3.05, 3.63) is 53.2 Å². The summed E-state index contributed by atoms with van der Waals surface area (Å²) in [6.07, 6.45) is 9.21. The number of hydrogen-bond donors (Lipinski definition) is 2. The molecule has 0 unspecified atom stereocenters. The minimum Gasteiger partial charge on any atom is -0.378 e. The Balaban J connectivity index is 1.41. The second kappa shape index (κ2) is 10.2. The first kappa shape index (κ1) is 22.3. The Hall–Kier alpha value is -3.46. The van der Waals surface area contributed by atoms with Crippen molar-refractivity contribution >= 4 is 29.4 Å². The molecule has 1 aliphatic heterocycles. The van der Waals surface area contributed by atoms with Crippen molar-refractivity contribution in [2.24, 2.45) is 5.10 Å². The molecule has 2 aromatic heterocycles. The number of rotatable bonds is 6. The van der Waals surface area contributed by atoms with E-state index in [1.165, 1.54) is 24.8 Å². The number of carbonyl (C=O) groups excluding carboxylic acids is 1. The number of nitrogens with zero attached hydrogens (tertiary/aromatic N) is 5. The summed E-state index contributed by atoms with van der Waals surface area (Å²) in [7, 11) is 0. The van der Waals surface area contributed by atoms with Gasteiger partial charge in [-0.2, -0.15) is 10.1 Å². The number of hydrogen-bond acceptors (Lipinski definition) is 7. The molecule has 2 N–H and O–H groups in total. The summed E-state index contributed by atoms with van der Waals surface area (Å²) in [4.78, 5) is 19.9. The van der Waals surface area contributed by atoms with E-state index in [1.807, 2.05) is 31.2 Å². The van der Waals surface area contributed by atoms with E-state index in [4.69, 9.17) is 9.72 Å². The minimum absolute atomic E-state index is 0.0581. The third-order valence-corrected chi connectivity index (χ3v) is 6.38. The SMILES string of the molecule is Cc1cccc(/C=N/Nc2nc(N3CCOCC3)c3cc(C(=O)NC4CCCCC4)cn3n2)c1. The summed E-state index contributed by atoms with van der Waals surface area (Å²) in [5.74, 6) is 1.08. The Kier molecular flexibility index (Phi) is 6.71. The average Bonchev–Trinajstić information content (AvgIpc) is 3.29. The summed E-state index contributed by atoms with van der Waals surface area (Å²) in [5, 5.41) is 12.1. The van der Waals surface area contributed by atoms with Crippen molar-refractivity contribution in [1.82, 2.24) is 19.9 Å². The molecule has 0 bridgehead atoms. The Labute approximate surface area is 199 Å². The molecule has 0 radical (unpaired) electrons. The fourth-order valence-electron chi connectivity index (χ4n) is 4.59. The van der Waals surface area contributed by atoms with E-state index < -0.39 is 0 Å². The van der Waals surface area contributed by atoms with Gasteiger partial charge in [0, 0.05) is 25.3 Å². The van der Waals surface area contributed by atoms with Crippen LogP contribution in [-0.4, -0.2) is 59.1 Å². The van der Waals surface area contributed by atoms with Gasteiger partial charge in [0.25, 0.3) is 11.9 Å². The number of carbonyl (C=O) groups is 1. The molecule has 1 aromatic carbocycles. The van der Waals surface area contributed by atoms with E-state index in [1.54, 1.807) is 16.9 Å². The van der Waals surface area contributed by atoms with Crippen LogP contribution in [0.15, 0.2) is 41.6 Å². The number of amides is 1. The van der Waals surface area contributed by atoms with Crippen molar-refractivity contribution in [3.8, 4) is 0 Å². The van der Waals surface area contributed by atoms with E-state index in [9.17, 15) is 4.79 Å². The normalized spacial score (nSPS) is 17.4. The fraction of sp³-hybridized carbons (Fsp3) is 0.440. The van der Waals surface area contributed by atoms with Crippen molar-refractivity contribution in [2.75, 3.05) is 36.6 Å². The monoisotopic (exact) mass is 461 g/mol. The first-order valence-electron chi connectivity index (χ1n) is 12.1. The first-order chi connectivity index (χ1) is 16.7. The number of morpholine rings is 1. The van der Waals surface area contributed by atoms with Crippen LogP contribution in [0.25, 0.3) is 5.52 Å². The Morgan fingerprint density at radius 2 is 2.00 bits per heavy atom. The lowest BCUT2D eigenvalue weighted by Crippen LogP contribution is -2.37. The molecule has 3 heterocycles. The number of benzene rings is 1. The highest BCUT2D eigenvalue weighted by Crippen LogP contribution is 2.24. The average molecular weight is 462 g/mol. The molecule has 9 heteroatoms. The van der Waals surface area contributed by atoms with Gasteiger partial charge >= 0.3 is 0 Å². The highest BCUT2D eigenvalue weighted by molar-refractivity contribution is 5.96. The summed E-state index contributed by atoms with van der Waals surface area (Å²) < 4.78 is 7.24. The van der Waals surface area contributed by atoms with E-state index in [0.717, 1.165) is 42.8 Å². The largest absolute Gasteiger partial charge is 0.378 e. The van der Waals surface area contributed by atoms with Gasteiger partial charge in [-0.25, -0.2) is 9.94 Å². The molecule has 0 spiro atoms. The van der Waals surface area contributed by atoms with Gasteiger partial charge < -0.3 is 15.0 Å².